The lowest BCUT2D eigenvalue weighted by atomic mass is 10.1. The van der Waals surface area contributed by atoms with E-state index in [-0.39, 0.29) is 11.9 Å². The Labute approximate surface area is 126 Å². The van der Waals surface area contributed by atoms with E-state index in [1.807, 2.05) is 19.1 Å². The van der Waals surface area contributed by atoms with Crippen molar-refractivity contribution in [3.63, 3.8) is 0 Å². The highest BCUT2D eigenvalue weighted by Gasteiger charge is 2.16. The van der Waals surface area contributed by atoms with Gasteiger partial charge >= 0.3 is 0 Å². The first-order chi connectivity index (χ1) is 10.1. The molecule has 2 heterocycles. The molecule has 5 heteroatoms. The molecule has 0 aliphatic carbocycles. The third-order valence-corrected chi connectivity index (χ3v) is 4.47. The fourth-order valence-corrected chi connectivity index (χ4v) is 3.37. The highest BCUT2D eigenvalue weighted by Crippen LogP contribution is 2.26. The zero-order valence-corrected chi connectivity index (χ0v) is 12.7. The van der Waals surface area contributed by atoms with E-state index in [4.69, 9.17) is 4.52 Å². The molecule has 1 atom stereocenters. The fourth-order valence-electron chi connectivity index (χ4n) is 2.39. The van der Waals surface area contributed by atoms with E-state index >= 15 is 0 Å². The summed E-state index contributed by atoms with van der Waals surface area (Å²) in [6.07, 6.45) is 2.26. The summed E-state index contributed by atoms with van der Waals surface area (Å²) in [6.45, 7) is 3.74. The molecule has 3 aromatic rings. The normalized spacial score (nSPS) is 12.5. The molecule has 0 aliphatic rings. The van der Waals surface area contributed by atoms with Crippen LogP contribution in [0.25, 0.3) is 10.1 Å². The smallest absolute Gasteiger partial charge is 0.256 e. The van der Waals surface area contributed by atoms with Crippen LogP contribution in [0.3, 0.4) is 0 Å². The van der Waals surface area contributed by atoms with Gasteiger partial charge in [-0.3, -0.25) is 4.79 Å². The van der Waals surface area contributed by atoms with Crippen molar-refractivity contribution < 1.29 is 9.32 Å². The Bertz CT molecular complexity index is 775. The number of benzene rings is 1. The lowest BCUT2D eigenvalue weighted by Crippen LogP contribution is -2.34. The number of carbonyl (C=O) groups is 1. The number of hydrogen-bond donors (Lipinski definition) is 1. The van der Waals surface area contributed by atoms with Crippen LogP contribution >= 0.6 is 11.3 Å². The molecule has 0 saturated carbocycles. The predicted octanol–water partition coefficient (Wildman–Crippen LogP) is 3.56. The molecule has 1 amide bonds. The van der Waals surface area contributed by atoms with Gasteiger partial charge in [-0.05, 0) is 42.7 Å². The third-order valence-electron chi connectivity index (χ3n) is 3.46. The largest absolute Gasteiger partial charge is 0.361 e. The number of nitrogens with one attached hydrogen (secondary N) is 1. The Hall–Kier alpha value is -2.14. The van der Waals surface area contributed by atoms with Crippen LogP contribution in [0, 0.1) is 6.92 Å². The topological polar surface area (TPSA) is 55.1 Å². The monoisotopic (exact) mass is 300 g/mol. The van der Waals surface area contributed by atoms with Crippen molar-refractivity contribution in [1.82, 2.24) is 10.5 Å². The second-order valence-electron chi connectivity index (χ2n) is 5.13. The van der Waals surface area contributed by atoms with Crippen LogP contribution in [0.2, 0.25) is 0 Å². The number of carbonyl (C=O) groups excluding carboxylic acids is 1. The van der Waals surface area contributed by atoms with E-state index in [0.29, 0.717) is 11.3 Å². The fraction of sp³-hybridized carbons (Fsp3) is 0.250. The van der Waals surface area contributed by atoms with E-state index in [9.17, 15) is 4.79 Å². The summed E-state index contributed by atoms with van der Waals surface area (Å²) in [4.78, 5) is 12.1. The summed E-state index contributed by atoms with van der Waals surface area (Å²) in [6, 6.07) is 8.38. The van der Waals surface area contributed by atoms with Crippen LogP contribution in [0.15, 0.2) is 40.4 Å². The van der Waals surface area contributed by atoms with Crippen LogP contribution in [-0.2, 0) is 6.42 Å². The first-order valence-corrected chi connectivity index (χ1v) is 7.70. The molecule has 0 fully saturated rings. The molecule has 0 spiro atoms. The van der Waals surface area contributed by atoms with Crippen LogP contribution in [-0.4, -0.2) is 17.1 Å². The van der Waals surface area contributed by atoms with Crippen molar-refractivity contribution in [1.29, 1.82) is 0 Å². The molecule has 108 valence electrons. The molecule has 4 nitrogen and oxygen atoms in total. The molecular formula is C16H16N2O2S. The van der Waals surface area contributed by atoms with Gasteiger partial charge in [-0.25, -0.2) is 0 Å². The molecule has 1 aromatic carbocycles. The zero-order chi connectivity index (χ0) is 14.8. The summed E-state index contributed by atoms with van der Waals surface area (Å²) in [5.41, 5.74) is 1.77. The number of fused-ring (bicyclic) bond motifs is 1. The van der Waals surface area contributed by atoms with E-state index in [0.717, 1.165) is 6.42 Å². The quantitative estimate of drug-likeness (QED) is 0.801. The van der Waals surface area contributed by atoms with Gasteiger partial charge in [0, 0.05) is 10.7 Å². The minimum atomic E-state index is -0.138. The van der Waals surface area contributed by atoms with Crippen molar-refractivity contribution in [2.24, 2.45) is 0 Å². The third kappa shape index (κ3) is 2.83. The summed E-state index contributed by atoms with van der Waals surface area (Å²) in [5, 5.41) is 10.1. The van der Waals surface area contributed by atoms with Crippen LogP contribution in [0.4, 0.5) is 0 Å². The van der Waals surface area contributed by atoms with Gasteiger partial charge in [0.25, 0.3) is 5.91 Å². The molecule has 2 aromatic heterocycles. The van der Waals surface area contributed by atoms with Gasteiger partial charge in [0.2, 0.25) is 0 Å². The molecule has 0 saturated heterocycles. The molecule has 21 heavy (non-hydrogen) atoms. The zero-order valence-electron chi connectivity index (χ0n) is 11.9. The minimum absolute atomic E-state index is 0.0461. The van der Waals surface area contributed by atoms with E-state index in [1.54, 1.807) is 18.3 Å². The second-order valence-corrected chi connectivity index (χ2v) is 6.04. The van der Waals surface area contributed by atoms with Gasteiger partial charge < -0.3 is 9.84 Å². The highest BCUT2D eigenvalue weighted by molar-refractivity contribution is 7.17. The van der Waals surface area contributed by atoms with E-state index < -0.39 is 0 Å². The average molecular weight is 300 g/mol. The standard InChI is InChI=1S/C16H16N2O2S/c1-10(18-16(19)14-8-17-20-11(14)2)7-12-9-21-15-6-4-3-5-13(12)15/h3-6,8-10H,7H2,1-2H3,(H,18,19)/t10-/m0/s1. The SMILES string of the molecule is Cc1oncc1C(=O)N[C@@H](C)Cc1csc2ccccc12. The highest BCUT2D eigenvalue weighted by atomic mass is 32.1. The van der Waals surface area contributed by atoms with Crippen LogP contribution in [0.5, 0.6) is 0 Å². The maximum Gasteiger partial charge on any atom is 0.256 e. The number of thiophene rings is 1. The second kappa shape index (κ2) is 5.69. The molecule has 0 radical (unpaired) electrons. The van der Waals surface area contributed by atoms with Gasteiger partial charge in [0.1, 0.15) is 11.3 Å². The summed E-state index contributed by atoms with van der Waals surface area (Å²) in [7, 11) is 0. The Morgan fingerprint density at radius 1 is 1.43 bits per heavy atom. The van der Waals surface area contributed by atoms with Crippen LogP contribution in [0.1, 0.15) is 28.6 Å². The number of nitrogens with zero attached hydrogens (tertiary/aromatic N) is 1. The van der Waals surface area contributed by atoms with E-state index in [1.165, 1.54) is 21.8 Å². The molecule has 1 N–H and O–H groups in total. The van der Waals surface area contributed by atoms with Crippen molar-refractivity contribution in [3.8, 4) is 0 Å². The van der Waals surface area contributed by atoms with E-state index in [2.05, 4.69) is 28.0 Å². The Kier molecular flexibility index (Phi) is 3.75. The predicted molar refractivity (Wildman–Crippen MR) is 83.7 cm³/mol. The van der Waals surface area contributed by atoms with Crippen molar-refractivity contribution in [2.45, 2.75) is 26.3 Å². The lowest BCUT2D eigenvalue weighted by Gasteiger charge is -2.13. The Morgan fingerprint density at radius 2 is 2.24 bits per heavy atom. The summed E-state index contributed by atoms with van der Waals surface area (Å²) < 4.78 is 6.20. The molecule has 0 unspecified atom stereocenters. The van der Waals surface area contributed by atoms with Gasteiger partial charge in [-0.2, -0.15) is 0 Å². The van der Waals surface area contributed by atoms with Gasteiger partial charge in [-0.15, -0.1) is 11.3 Å². The first-order valence-electron chi connectivity index (χ1n) is 6.82. The maximum atomic E-state index is 12.1. The minimum Gasteiger partial charge on any atom is -0.361 e. The Balaban J connectivity index is 1.71. The average Bonchev–Trinajstić information content (AvgIpc) is 3.06. The van der Waals surface area contributed by atoms with Gasteiger partial charge in [0.05, 0.1) is 6.20 Å². The van der Waals surface area contributed by atoms with Crippen molar-refractivity contribution >= 4 is 27.3 Å². The van der Waals surface area contributed by atoms with Gasteiger partial charge in [-0.1, -0.05) is 23.4 Å². The summed E-state index contributed by atoms with van der Waals surface area (Å²) >= 11 is 1.74. The molecule has 0 aliphatic heterocycles. The molecule has 0 bridgehead atoms. The first kappa shape index (κ1) is 13.8. The Morgan fingerprint density at radius 3 is 3.00 bits per heavy atom. The molecule has 3 rings (SSSR count). The number of hydrogen-bond acceptors (Lipinski definition) is 4. The molecular weight excluding hydrogens is 284 g/mol. The number of aromatic nitrogens is 1. The lowest BCUT2D eigenvalue weighted by molar-refractivity contribution is 0.0938. The van der Waals surface area contributed by atoms with Crippen molar-refractivity contribution in [2.75, 3.05) is 0 Å². The van der Waals surface area contributed by atoms with Crippen molar-refractivity contribution in [3.05, 3.63) is 52.7 Å². The van der Waals surface area contributed by atoms with Gasteiger partial charge in [0.15, 0.2) is 0 Å². The van der Waals surface area contributed by atoms with Crippen LogP contribution < -0.4 is 5.32 Å². The number of rotatable bonds is 4. The maximum absolute atomic E-state index is 12.1. The summed E-state index contributed by atoms with van der Waals surface area (Å²) in [5.74, 6) is 0.404. The number of amides is 1. The number of aryl methyl sites for hydroxylation is 1.